The smallest absolute Gasteiger partial charge is 0.271 e. The molecule has 3 aromatic carbocycles. The summed E-state index contributed by atoms with van der Waals surface area (Å²) < 4.78 is 10.5. The predicted octanol–water partition coefficient (Wildman–Crippen LogP) is 4.59. The van der Waals surface area contributed by atoms with Gasteiger partial charge in [0, 0.05) is 17.5 Å². The van der Waals surface area contributed by atoms with E-state index in [1.54, 1.807) is 24.3 Å². The fourth-order valence-corrected chi connectivity index (χ4v) is 3.59. The number of fused-ring (bicyclic) bond motifs is 1. The third kappa shape index (κ3) is 4.58. The Morgan fingerprint density at radius 3 is 2.69 bits per heavy atom. The third-order valence-electron chi connectivity index (χ3n) is 4.89. The summed E-state index contributed by atoms with van der Waals surface area (Å²) in [5.41, 5.74) is 6.31. The van der Waals surface area contributed by atoms with Crippen LogP contribution in [0.5, 0.6) is 11.5 Å². The molecule has 2 N–H and O–H groups in total. The van der Waals surface area contributed by atoms with Crippen LogP contribution in [0, 0.1) is 0 Å². The minimum absolute atomic E-state index is 0.342. The summed E-state index contributed by atoms with van der Waals surface area (Å²) in [6.07, 6.45) is 2.14. The number of nitrogens with zero attached hydrogens (tertiary/aromatic N) is 2. The van der Waals surface area contributed by atoms with E-state index in [4.69, 9.17) is 21.1 Å². The Kier molecular flexibility index (Phi) is 6.37. The van der Waals surface area contributed by atoms with Gasteiger partial charge in [0.1, 0.15) is 5.82 Å². The second-order valence-electron chi connectivity index (χ2n) is 6.98. The number of carbonyl (C=O) groups excluding carboxylic acids is 1. The van der Waals surface area contributed by atoms with Gasteiger partial charge >= 0.3 is 0 Å². The summed E-state index contributed by atoms with van der Waals surface area (Å²) in [6.45, 7) is 0. The molecule has 7 nitrogen and oxygen atoms in total. The van der Waals surface area contributed by atoms with E-state index in [9.17, 15) is 4.79 Å². The fraction of sp³-hybridized carbons (Fsp3) is 0.125. The molecule has 0 aliphatic carbocycles. The summed E-state index contributed by atoms with van der Waals surface area (Å²) >= 11 is 6.33. The third-order valence-corrected chi connectivity index (χ3v) is 5.28. The van der Waals surface area contributed by atoms with E-state index in [0.717, 1.165) is 22.4 Å². The fourth-order valence-electron chi connectivity index (χ4n) is 3.31. The molecule has 0 aliphatic heterocycles. The molecule has 8 heteroatoms. The summed E-state index contributed by atoms with van der Waals surface area (Å²) in [5.74, 6) is 1.41. The number of imidazole rings is 1. The molecule has 0 unspecified atom stereocenters. The Bertz CT molecular complexity index is 1290. The molecular weight excluding hydrogens is 428 g/mol. The van der Waals surface area contributed by atoms with Gasteiger partial charge in [-0.1, -0.05) is 41.9 Å². The number of nitrogens with one attached hydrogen (secondary N) is 2. The number of hydrogen-bond acceptors (Lipinski definition) is 5. The molecule has 162 valence electrons. The number of methoxy groups -OCH3 is 2. The Morgan fingerprint density at radius 1 is 1.12 bits per heavy atom. The van der Waals surface area contributed by atoms with Crippen LogP contribution in [0.2, 0.25) is 5.02 Å². The summed E-state index contributed by atoms with van der Waals surface area (Å²) in [7, 11) is 3.03. The Labute approximate surface area is 190 Å². The van der Waals surface area contributed by atoms with Crippen LogP contribution in [0.15, 0.2) is 65.8 Å². The molecular formula is C24H21ClN4O3. The predicted molar refractivity (Wildman–Crippen MR) is 125 cm³/mol. The number of hydrazone groups is 1. The van der Waals surface area contributed by atoms with Crippen molar-refractivity contribution in [1.82, 2.24) is 15.4 Å². The largest absolute Gasteiger partial charge is 0.493 e. The van der Waals surface area contributed by atoms with Gasteiger partial charge in [0.05, 0.1) is 36.5 Å². The number of aromatic amines is 1. The van der Waals surface area contributed by atoms with Gasteiger partial charge in [0.15, 0.2) is 11.5 Å². The quantitative estimate of drug-likeness (QED) is 0.320. The number of hydrogen-bond donors (Lipinski definition) is 2. The van der Waals surface area contributed by atoms with Crippen molar-refractivity contribution >= 4 is 34.8 Å². The number of aromatic nitrogens is 2. The maximum atomic E-state index is 12.5. The van der Waals surface area contributed by atoms with E-state index in [0.29, 0.717) is 34.1 Å². The lowest BCUT2D eigenvalue weighted by molar-refractivity contribution is 0.0955. The Balaban J connectivity index is 1.47. The van der Waals surface area contributed by atoms with Crippen LogP contribution in [-0.4, -0.2) is 36.3 Å². The van der Waals surface area contributed by atoms with Crippen molar-refractivity contribution in [2.75, 3.05) is 14.2 Å². The van der Waals surface area contributed by atoms with E-state index in [-0.39, 0.29) is 5.91 Å². The van der Waals surface area contributed by atoms with Gasteiger partial charge in [0.2, 0.25) is 0 Å². The molecule has 0 saturated carbocycles. The highest BCUT2D eigenvalue weighted by Crippen LogP contribution is 2.36. The lowest BCUT2D eigenvalue weighted by Gasteiger charge is -2.10. The molecule has 0 spiro atoms. The van der Waals surface area contributed by atoms with Gasteiger partial charge in [-0.15, -0.1) is 0 Å². The molecule has 0 atom stereocenters. The molecule has 0 bridgehead atoms. The zero-order valence-electron chi connectivity index (χ0n) is 17.6. The first-order chi connectivity index (χ1) is 15.6. The summed E-state index contributed by atoms with van der Waals surface area (Å²) in [6, 6.07) is 18.8. The molecule has 1 amide bonds. The van der Waals surface area contributed by atoms with Crippen molar-refractivity contribution in [3.05, 3.63) is 88.2 Å². The zero-order chi connectivity index (χ0) is 22.5. The van der Waals surface area contributed by atoms with E-state index in [1.807, 2.05) is 24.3 Å². The SMILES string of the molecule is COc1ccc(/C=N\NC(=O)c2ccc3nc(Cc4ccccc4)[nH]c3c2)c(Cl)c1OC. The van der Waals surface area contributed by atoms with Crippen molar-refractivity contribution in [1.29, 1.82) is 0 Å². The molecule has 32 heavy (non-hydrogen) atoms. The van der Waals surface area contributed by atoms with Gasteiger partial charge < -0.3 is 14.5 Å². The van der Waals surface area contributed by atoms with Crippen molar-refractivity contribution in [2.45, 2.75) is 6.42 Å². The van der Waals surface area contributed by atoms with Crippen LogP contribution in [0.1, 0.15) is 27.3 Å². The van der Waals surface area contributed by atoms with E-state index < -0.39 is 0 Å². The topological polar surface area (TPSA) is 88.6 Å². The van der Waals surface area contributed by atoms with Gasteiger partial charge in [-0.25, -0.2) is 10.4 Å². The average molecular weight is 449 g/mol. The van der Waals surface area contributed by atoms with Crippen LogP contribution in [0.3, 0.4) is 0 Å². The van der Waals surface area contributed by atoms with E-state index >= 15 is 0 Å². The van der Waals surface area contributed by atoms with Crippen molar-refractivity contribution < 1.29 is 14.3 Å². The molecule has 0 saturated heterocycles. The molecule has 4 rings (SSSR count). The first-order valence-electron chi connectivity index (χ1n) is 9.85. The highest BCUT2D eigenvalue weighted by atomic mass is 35.5. The second kappa shape index (κ2) is 9.53. The van der Waals surface area contributed by atoms with Crippen molar-refractivity contribution in [3.8, 4) is 11.5 Å². The zero-order valence-corrected chi connectivity index (χ0v) is 18.3. The van der Waals surface area contributed by atoms with Crippen LogP contribution in [-0.2, 0) is 6.42 Å². The molecule has 0 aliphatic rings. The molecule has 0 radical (unpaired) electrons. The highest BCUT2D eigenvalue weighted by molar-refractivity contribution is 6.34. The second-order valence-corrected chi connectivity index (χ2v) is 7.36. The minimum Gasteiger partial charge on any atom is -0.493 e. The first-order valence-corrected chi connectivity index (χ1v) is 10.2. The van der Waals surface area contributed by atoms with Crippen LogP contribution >= 0.6 is 11.6 Å². The standard InChI is InChI=1S/C24H21ClN4O3/c1-31-20-11-9-17(22(25)23(20)32-2)14-26-29-24(30)16-8-10-18-19(13-16)28-21(27-18)12-15-6-4-3-5-7-15/h3-11,13-14H,12H2,1-2H3,(H,27,28)(H,29,30)/b26-14-. The number of amides is 1. The van der Waals surface area contributed by atoms with Crippen molar-refractivity contribution in [2.24, 2.45) is 5.10 Å². The average Bonchev–Trinajstić information content (AvgIpc) is 3.21. The van der Waals surface area contributed by atoms with Gasteiger partial charge in [-0.3, -0.25) is 4.79 Å². The van der Waals surface area contributed by atoms with Crippen LogP contribution < -0.4 is 14.9 Å². The van der Waals surface area contributed by atoms with E-state index in [1.165, 1.54) is 20.4 Å². The Hall–Kier alpha value is -3.84. The maximum absolute atomic E-state index is 12.5. The minimum atomic E-state index is -0.348. The van der Waals surface area contributed by atoms with Gasteiger partial charge in [-0.05, 0) is 35.9 Å². The van der Waals surface area contributed by atoms with E-state index in [2.05, 4.69) is 32.6 Å². The first kappa shape index (κ1) is 21.4. The number of halogens is 1. The lowest BCUT2D eigenvalue weighted by atomic mass is 10.1. The summed E-state index contributed by atoms with van der Waals surface area (Å²) in [5, 5.41) is 4.36. The highest BCUT2D eigenvalue weighted by Gasteiger charge is 2.12. The lowest BCUT2D eigenvalue weighted by Crippen LogP contribution is -2.17. The number of benzene rings is 3. The van der Waals surface area contributed by atoms with Gasteiger partial charge in [0.25, 0.3) is 5.91 Å². The normalized spacial score (nSPS) is 11.1. The molecule has 1 heterocycles. The van der Waals surface area contributed by atoms with Crippen LogP contribution in [0.4, 0.5) is 0 Å². The number of carbonyl (C=O) groups is 1. The number of ether oxygens (including phenoxy) is 2. The number of rotatable bonds is 7. The van der Waals surface area contributed by atoms with Crippen LogP contribution in [0.25, 0.3) is 11.0 Å². The molecule has 4 aromatic rings. The maximum Gasteiger partial charge on any atom is 0.271 e. The summed E-state index contributed by atoms with van der Waals surface area (Å²) in [4.78, 5) is 20.4. The van der Waals surface area contributed by atoms with Gasteiger partial charge in [-0.2, -0.15) is 5.10 Å². The molecule has 1 aromatic heterocycles. The number of H-pyrrole nitrogens is 1. The monoisotopic (exact) mass is 448 g/mol. The Morgan fingerprint density at radius 2 is 1.94 bits per heavy atom. The molecule has 0 fully saturated rings. The van der Waals surface area contributed by atoms with Crippen molar-refractivity contribution in [3.63, 3.8) is 0 Å².